The Morgan fingerprint density at radius 1 is 1.06 bits per heavy atom. The monoisotopic (exact) mass is 530 g/mol. The Labute approximate surface area is 212 Å². The second-order valence-electron chi connectivity index (χ2n) is 12.2. The molecule has 1 saturated carbocycles. The van der Waals surface area contributed by atoms with E-state index in [1.165, 1.54) is 4.90 Å². The maximum atomic E-state index is 13.6. The van der Waals surface area contributed by atoms with Crippen LogP contribution in [0.5, 0.6) is 0 Å². The molecule has 1 aromatic carbocycles. The van der Waals surface area contributed by atoms with Crippen molar-refractivity contribution in [1.29, 1.82) is 0 Å². The molecule has 3 rings (SSSR count). The standard InChI is InChI=1S/C26H37F3N2O4S/c1-23(2,3)15-14-20(18-10-8-7-9-11-18)31-22(32)21(35-36(33,34)26(27,28)29)30-25(31)16-12-19(13-17-25)24(4,5)6/h7-11,19-20H,12-17H2,1-6H3. The summed E-state index contributed by atoms with van der Waals surface area (Å²) >= 11 is 0. The SMILES string of the molecule is CC(C)(C)CCC(c1ccccc1)N1C(=O)C(OS(=O)(=O)C(F)(F)F)=NC12CCC(C(C)(C)C)CC2. The van der Waals surface area contributed by atoms with Crippen LogP contribution in [0.25, 0.3) is 0 Å². The van der Waals surface area contributed by atoms with Crippen molar-refractivity contribution in [2.75, 3.05) is 0 Å². The minimum Gasteiger partial charge on any atom is -0.349 e. The molecule has 0 saturated heterocycles. The molecule has 1 aliphatic heterocycles. The predicted octanol–water partition coefficient (Wildman–Crippen LogP) is 6.59. The first-order valence-corrected chi connectivity index (χ1v) is 13.8. The van der Waals surface area contributed by atoms with Crippen LogP contribution < -0.4 is 0 Å². The van der Waals surface area contributed by atoms with E-state index in [2.05, 4.69) is 50.7 Å². The number of aliphatic imine (C=N–C) groups is 1. The molecule has 1 amide bonds. The molecule has 0 radical (unpaired) electrons. The van der Waals surface area contributed by atoms with Crippen LogP contribution in [0, 0.1) is 16.7 Å². The van der Waals surface area contributed by atoms with E-state index in [0.29, 0.717) is 38.0 Å². The van der Waals surface area contributed by atoms with Crippen LogP contribution >= 0.6 is 0 Å². The Balaban J connectivity index is 2.07. The fraction of sp³-hybridized carbons (Fsp3) is 0.692. The van der Waals surface area contributed by atoms with Crippen molar-refractivity contribution in [2.24, 2.45) is 21.7 Å². The van der Waals surface area contributed by atoms with E-state index in [4.69, 9.17) is 0 Å². The van der Waals surface area contributed by atoms with Crippen LogP contribution in [0.2, 0.25) is 0 Å². The summed E-state index contributed by atoms with van der Waals surface area (Å²) in [5.41, 5.74) is -6.04. The Hall–Kier alpha value is -2.10. The highest BCUT2D eigenvalue weighted by Crippen LogP contribution is 2.50. The minimum atomic E-state index is -6.03. The topological polar surface area (TPSA) is 76.0 Å². The molecule has 1 aliphatic carbocycles. The number of hydrogen-bond donors (Lipinski definition) is 0. The summed E-state index contributed by atoms with van der Waals surface area (Å²) in [7, 11) is -6.03. The lowest BCUT2D eigenvalue weighted by molar-refractivity contribution is -0.134. The lowest BCUT2D eigenvalue weighted by Crippen LogP contribution is -2.51. The van der Waals surface area contributed by atoms with Crippen molar-refractivity contribution in [3.05, 3.63) is 35.9 Å². The van der Waals surface area contributed by atoms with Gasteiger partial charge in [-0.05, 0) is 60.8 Å². The van der Waals surface area contributed by atoms with Gasteiger partial charge in [0.1, 0.15) is 5.66 Å². The smallest absolute Gasteiger partial charge is 0.349 e. The number of halogens is 3. The average molecular weight is 531 g/mol. The van der Waals surface area contributed by atoms with Crippen LogP contribution in [0.3, 0.4) is 0 Å². The van der Waals surface area contributed by atoms with Gasteiger partial charge in [-0.3, -0.25) is 4.79 Å². The van der Waals surface area contributed by atoms with Gasteiger partial charge < -0.3 is 9.08 Å². The van der Waals surface area contributed by atoms with Crippen molar-refractivity contribution in [1.82, 2.24) is 4.90 Å². The predicted molar refractivity (Wildman–Crippen MR) is 132 cm³/mol. The second-order valence-corrected chi connectivity index (χ2v) is 13.8. The van der Waals surface area contributed by atoms with Gasteiger partial charge in [-0.25, -0.2) is 4.99 Å². The van der Waals surface area contributed by atoms with Crippen molar-refractivity contribution in [3.63, 3.8) is 0 Å². The Kier molecular flexibility index (Phi) is 7.63. The molecular weight excluding hydrogens is 493 g/mol. The highest BCUT2D eigenvalue weighted by atomic mass is 32.2. The zero-order valence-electron chi connectivity index (χ0n) is 21.9. The molecule has 1 spiro atoms. The van der Waals surface area contributed by atoms with Gasteiger partial charge >= 0.3 is 21.5 Å². The fourth-order valence-corrected chi connectivity index (χ4v) is 5.62. The third kappa shape index (κ3) is 6.06. The van der Waals surface area contributed by atoms with Crippen LogP contribution in [0.4, 0.5) is 13.2 Å². The van der Waals surface area contributed by atoms with Crippen LogP contribution in [0.15, 0.2) is 35.3 Å². The zero-order chi connectivity index (χ0) is 27.2. The number of alkyl halides is 3. The van der Waals surface area contributed by atoms with Gasteiger partial charge in [-0.1, -0.05) is 71.9 Å². The maximum absolute atomic E-state index is 13.6. The molecule has 1 unspecified atom stereocenters. The molecule has 1 aromatic rings. The van der Waals surface area contributed by atoms with Crippen LogP contribution in [-0.2, 0) is 19.1 Å². The molecule has 6 nitrogen and oxygen atoms in total. The summed E-state index contributed by atoms with van der Waals surface area (Å²) in [6, 6.07) is 8.79. The summed E-state index contributed by atoms with van der Waals surface area (Å²) < 4.78 is 67.3. The Morgan fingerprint density at radius 3 is 2.08 bits per heavy atom. The molecule has 1 heterocycles. The average Bonchev–Trinajstić information content (AvgIpc) is 2.98. The molecule has 0 aromatic heterocycles. The first-order valence-electron chi connectivity index (χ1n) is 12.4. The van der Waals surface area contributed by atoms with Crippen LogP contribution in [0.1, 0.15) is 91.7 Å². The van der Waals surface area contributed by atoms with Crippen molar-refractivity contribution < 1.29 is 30.6 Å². The second kappa shape index (κ2) is 9.65. The Morgan fingerprint density at radius 2 is 1.61 bits per heavy atom. The summed E-state index contributed by atoms with van der Waals surface area (Å²) in [6.45, 7) is 12.6. The fourth-order valence-electron chi connectivity index (χ4n) is 5.21. The number of hydrogen-bond acceptors (Lipinski definition) is 5. The molecule has 1 fully saturated rings. The number of carbonyl (C=O) groups excluding carboxylic acids is 1. The van der Waals surface area contributed by atoms with Gasteiger partial charge in [0.05, 0.1) is 6.04 Å². The molecule has 202 valence electrons. The Bertz CT molecular complexity index is 1080. The molecule has 10 heteroatoms. The van der Waals surface area contributed by atoms with Crippen molar-refractivity contribution in [3.8, 4) is 0 Å². The summed E-state index contributed by atoms with van der Waals surface area (Å²) in [5.74, 6) is -1.58. The third-order valence-corrected chi connectivity index (χ3v) is 8.25. The number of amides is 1. The van der Waals surface area contributed by atoms with E-state index in [1.54, 1.807) is 0 Å². The van der Waals surface area contributed by atoms with E-state index in [9.17, 15) is 26.4 Å². The number of nitrogens with zero attached hydrogens (tertiary/aromatic N) is 2. The highest BCUT2D eigenvalue weighted by Gasteiger charge is 2.57. The zero-order valence-corrected chi connectivity index (χ0v) is 22.7. The van der Waals surface area contributed by atoms with Crippen LogP contribution in [-0.4, -0.2) is 36.3 Å². The molecule has 1 atom stereocenters. The quantitative estimate of drug-likeness (QED) is 0.318. The first-order chi connectivity index (χ1) is 16.4. The largest absolute Gasteiger partial charge is 0.534 e. The van der Waals surface area contributed by atoms with E-state index in [1.807, 2.05) is 30.3 Å². The number of benzene rings is 1. The van der Waals surface area contributed by atoms with Gasteiger partial charge in [-0.2, -0.15) is 21.6 Å². The highest BCUT2D eigenvalue weighted by molar-refractivity contribution is 7.88. The van der Waals surface area contributed by atoms with Gasteiger partial charge in [-0.15, -0.1) is 0 Å². The summed E-state index contributed by atoms with van der Waals surface area (Å²) in [4.78, 5) is 19.5. The van der Waals surface area contributed by atoms with Gasteiger partial charge in [0.25, 0.3) is 5.90 Å². The minimum absolute atomic E-state index is 0.0167. The molecule has 0 N–H and O–H groups in total. The van der Waals surface area contributed by atoms with Gasteiger partial charge in [0, 0.05) is 0 Å². The lowest BCUT2D eigenvalue weighted by atomic mass is 9.69. The molecule has 36 heavy (non-hydrogen) atoms. The maximum Gasteiger partial charge on any atom is 0.534 e. The van der Waals surface area contributed by atoms with Crippen molar-refractivity contribution in [2.45, 2.75) is 97.3 Å². The van der Waals surface area contributed by atoms with Gasteiger partial charge in [0.2, 0.25) is 0 Å². The third-order valence-electron chi connectivity index (χ3n) is 7.31. The lowest BCUT2D eigenvalue weighted by Gasteiger charge is -2.47. The summed E-state index contributed by atoms with van der Waals surface area (Å²) in [5, 5.41) is 0. The number of rotatable bonds is 5. The van der Waals surface area contributed by atoms with E-state index in [0.717, 1.165) is 12.0 Å². The summed E-state index contributed by atoms with van der Waals surface area (Å²) in [6.07, 6.45) is 3.51. The molecule has 2 aliphatic rings. The number of carbonyl (C=O) groups is 1. The van der Waals surface area contributed by atoms with Crippen molar-refractivity contribution >= 4 is 21.9 Å². The van der Waals surface area contributed by atoms with E-state index >= 15 is 0 Å². The van der Waals surface area contributed by atoms with Gasteiger partial charge in [0.15, 0.2) is 0 Å². The van der Waals surface area contributed by atoms with E-state index in [-0.39, 0.29) is 10.8 Å². The van der Waals surface area contributed by atoms with E-state index < -0.39 is 39.1 Å². The first kappa shape index (κ1) is 28.5. The molecular formula is C26H37F3N2O4S. The normalized spacial score (nSPS) is 24.7. The molecule has 0 bridgehead atoms.